The minimum Gasteiger partial charge on any atom is -0.370 e. The fourth-order valence-electron chi connectivity index (χ4n) is 3.58. The second kappa shape index (κ2) is 9.36. The Balaban J connectivity index is 0.00000243. The van der Waals surface area contributed by atoms with Gasteiger partial charge in [0.1, 0.15) is 6.10 Å². The van der Waals surface area contributed by atoms with E-state index in [0.29, 0.717) is 18.9 Å². The molecule has 2 unspecified atom stereocenters. The first-order chi connectivity index (χ1) is 12.0. The first-order valence-corrected chi connectivity index (χ1v) is 10.6. The van der Waals surface area contributed by atoms with Gasteiger partial charge in [0, 0.05) is 20.1 Å². The summed E-state index contributed by atoms with van der Waals surface area (Å²) in [5.41, 5.74) is 2.44. The van der Waals surface area contributed by atoms with E-state index < -0.39 is 9.84 Å². The maximum absolute atomic E-state index is 11.6. The molecule has 0 aliphatic carbocycles. The van der Waals surface area contributed by atoms with Gasteiger partial charge < -0.3 is 15.0 Å². The summed E-state index contributed by atoms with van der Waals surface area (Å²) in [7, 11) is -1.07. The Morgan fingerprint density at radius 3 is 2.81 bits per heavy atom. The summed E-state index contributed by atoms with van der Waals surface area (Å²) in [6, 6.07) is 8.29. The Kier molecular flexibility index (Phi) is 7.72. The third kappa shape index (κ3) is 5.32. The van der Waals surface area contributed by atoms with Crippen LogP contribution in [0.25, 0.3) is 0 Å². The zero-order chi connectivity index (χ0) is 17.9. The lowest BCUT2D eigenvalue weighted by molar-refractivity contribution is -0.00835. The van der Waals surface area contributed by atoms with Gasteiger partial charge in [-0.15, -0.1) is 24.0 Å². The van der Waals surface area contributed by atoms with Crippen LogP contribution in [0.1, 0.15) is 23.7 Å². The molecule has 2 atom stereocenters. The molecule has 2 aliphatic heterocycles. The van der Waals surface area contributed by atoms with Gasteiger partial charge in [-0.05, 0) is 30.4 Å². The summed E-state index contributed by atoms with van der Waals surface area (Å²) in [5.74, 6) is 1.60. The standard InChI is InChI=1S/C18H27N3O3S.HI/c1-14-5-3-4-6-16(14)17-12-21(8-9-24-17)18(19-2)20-11-15-7-10-25(22,23)13-15;/h3-6,15,17H,7-13H2,1-2H3,(H,19,20);1H. The Bertz CT molecular complexity index is 739. The van der Waals surface area contributed by atoms with Crippen molar-refractivity contribution in [2.24, 2.45) is 10.9 Å². The molecule has 2 fully saturated rings. The smallest absolute Gasteiger partial charge is 0.193 e. The number of aliphatic imine (C=N–C) groups is 1. The van der Waals surface area contributed by atoms with Gasteiger partial charge in [-0.1, -0.05) is 24.3 Å². The van der Waals surface area contributed by atoms with E-state index >= 15 is 0 Å². The summed E-state index contributed by atoms with van der Waals surface area (Å²) < 4.78 is 29.2. The van der Waals surface area contributed by atoms with Crippen LogP contribution in [0.4, 0.5) is 0 Å². The molecule has 1 aromatic carbocycles. The molecule has 2 saturated heterocycles. The average Bonchev–Trinajstić information content (AvgIpc) is 2.95. The van der Waals surface area contributed by atoms with Gasteiger partial charge in [0.15, 0.2) is 15.8 Å². The number of morpholine rings is 1. The first kappa shape index (κ1) is 21.4. The van der Waals surface area contributed by atoms with Crippen LogP contribution in [0.3, 0.4) is 0 Å². The molecule has 26 heavy (non-hydrogen) atoms. The molecule has 8 heteroatoms. The number of halogens is 1. The maximum Gasteiger partial charge on any atom is 0.193 e. The second-order valence-electron chi connectivity index (χ2n) is 6.86. The van der Waals surface area contributed by atoms with Crippen molar-refractivity contribution in [1.29, 1.82) is 0 Å². The van der Waals surface area contributed by atoms with Crippen LogP contribution in [0, 0.1) is 12.8 Å². The lowest BCUT2D eigenvalue weighted by Crippen LogP contribution is -2.49. The molecule has 0 bridgehead atoms. The Labute approximate surface area is 173 Å². The minimum absolute atomic E-state index is 0. The summed E-state index contributed by atoms with van der Waals surface area (Å²) in [6.45, 7) is 4.93. The Morgan fingerprint density at radius 2 is 2.15 bits per heavy atom. The van der Waals surface area contributed by atoms with Gasteiger partial charge in [0.25, 0.3) is 0 Å². The van der Waals surface area contributed by atoms with E-state index in [9.17, 15) is 8.42 Å². The van der Waals surface area contributed by atoms with Crippen molar-refractivity contribution in [3.05, 3.63) is 35.4 Å². The third-order valence-electron chi connectivity index (χ3n) is 4.99. The molecule has 146 valence electrons. The molecule has 0 spiro atoms. The van der Waals surface area contributed by atoms with Gasteiger partial charge in [-0.2, -0.15) is 0 Å². The summed E-state index contributed by atoms with van der Waals surface area (Å²) >= 11 is 0. The number of aryl methyl sites for hydroxylation is 1. The van der Waals surface area contributed by atoms with Crippen LogP contribution in [-0.4, -0.2) is 64.1 Å². The predicted octanol–water partition coefficient (Wildman–Crippen LogP) is 2.00. The van der Waals surface area contributed by atoms with Crippen LogP contribution in [0.15, 0.2) is 29.3 Å². The van der Waals surface area contributed by atoms with E-state index in [4.69, 9.17) is 4.74 Å². The first-order valence-electron chi connectivity index (χ1n) is 8.81. The summed E-state index contributed by atoms with van der Waals surface area (Å²) in [5, 5.41) is 3.36. The highest BCUT2D eigenvalue weighted by Crippen LogP contribution is 2.25. The number of guanidine groups is 1. The van der Waals surface area contributed by atoms with Crippen molar-refractivity contribution in [2.75, 3.05) is 44.8 Å². The zero-order valence-corrected chi connectivity index (χ0v) is 18.5. The van der Waals surface area contributed by atoms with Crippen molar-refractivity contribution in [3.8, 4) is 0 Å². The highest BCUT2D eigenvalue weighted by atomic mass is 127. The number of ether oxygens (including phenoxy) is 1. The lowest BCUT2D eigenvalue weighted by Gasteiger charge is -2.36. The van der Waals surface area contributed by atoms with E-state index in [1.165, 1.54) is 11.1 Å². The molecule has 0 saturated carbocycles. The largest absolute Gasteiger partial charge is 0.370 e. The SMILES string of the molecule is CN=C(NCC1CCS(=O)(=O)C1)N1CCOC(c2ccccc2C)C1.I. The van der Waals surface area contributed by atoms with Crippen LogP contribution in [0.5, 0.6) is 0 Å². The summed E-state index contributed by atoms with van der Waals surface area (Å²) in [6.07, 6.45) is 0.765. The van der Waals surface area contributed by atoms with Gasteiger partial charge in [-0.3, -0.25) is 4.99 Å². The molecule has 0 radical (unpaired) electrons. The molecule has 2 aliphatic rings. The van der Waals surface area contributed by atoms with Gasteiger partial charge in [-0.25, -0.2) is 8.42 Å². The van der Waals surface area contributed by atoms with E-state index in [-0.39, 0.29) is 41.8 Å². The number of hydrogen-bond acceptors (Lipinski definition) is 4. The molecule has 0 amide bonds. The number of benzene rings is 1. The number of nitrogens with one attached hydrogen (secondary N) is 1. The number of sulfone groups is 1. The monoisotopic (exact) mass is 493 g/mol. The van der Waals surface area contributed by atoms with Crippen LogP contribution in [-0.2, 0) is 14.6 Å². The zero-order valence-electron chi connectivity index (χ0n) is 15.3. The second-order valence-corrected chi connectivity index (χ2v) is 9.09. The minimum atomic E-state index is -2.84. The van der Waals surface area contributed by atoms with E-state index in [0.717, 1.165) is 25.5 Å². The van der Waals surface area contributed by atoms with Crippen LogP contribution < -0.4 is 5.32 Å². The predicted molar refractivity (Wildman–Crippen MR) is 115 cm³/mol. The lowest BCUT2D eigenvalue weighted by atomic mass is 10.0. The van der Waals surface area contributed by atoms with E-state index in [2.05, 4.69) is 34.3 Å². The third-order valence-corrected chi connectivity index (χ3v) is 6.83. The highest BCUT2D eigenvalue weighted by molar-refractivity contribution is 14.0. The summed E-state index contributed by atoms with van der Waals surface area (Å²) in [4.78, 5) is 6.58. The van der Waals surface area contributed by atoms with Crippen molar-refractivity contribution in [1.82, 2.24) is 10.2 Å². The van der Waals surface area contributed by atoms with Crippen molar-refractivity contribution in [3.63, 3.8) is 0 Å². The Hall–Kier alpha value is -0.870. The van der Waals surface area contributed by atoms with E-state index in [1.807, 2.05) is 12.1 Å². The molecular formula is C18H28IN3O3S. The van der Waals surface area contributed by atoms with Gasteiger partial charge in [0.05, 0.1) is 24.7 Å². The van der Waals surface area contributed by atoms with E-state index in [1.54, 1.807) is 7.05 Å². The molecular weight excluding hydrogens is 465 g/mol. The van der Waals surface area contributed by atoms with Crippen LogP contribution >= 0.6 is 24.0 Å². The topological polar surface area (TPSA) is 71.0 Å². The number of nitrogens with zero attached hydrogens (tertiary/aromatic N) is 2. The maximum atomic E-state index is 11.6. The molecule has 3 rings (SSSR count). The fraction of sp³-hybridized carbons (Fsp3) is 0.611. The molecule has 1 N–H and O–H groups in total. The fourth-order valence-corrected chi connectivity index (χ4v) is 5.44. The van der Waals surface area contributed by atoms with Crippen LogP contribution in [0.2, 0.25) is 0 Å². The van der Waals surface area contributed by atoms with Crippen molar-refractivity contribution in [2.45, 2.75) is 19.4 Å². The molecule has 1 aromatic rings. The quantitative estimate of drug-likeness (QED) is 0.397. The Morgan fingerprint density at radius 1 is 1.38 bits per heavy atom. The highest BCUT2D eigenvalue weighted by Gasteiger charge is 2.29. The average molecular weight is 493 g/mol. The number of rotatable bonds is 3. The molecule has 0 aromatic heterocycles. The van der Waals surface area contributed by atoms with Gasteiger partial charge >= 0.3 is 0 Å². The van der Waals surface area contributed by atoms with Crippen molar-refractivity contribution >= 4 is 39.8 Å². The number of hydrogen-bond donors (Lipinski definition) is 1. The van der Waals surface area contributed by atoms with Crippen molar-refractivity contribution < 1.29 is 13.2 Å². The molecule has 6 nitrogen and oxygen atoms in total. The van der Waals surface area contributed by atoms with Gasteiger partial charge in [0.2, 0.25) is 0 Å². The molecule has 2 heterocycles. The normalized spacial score (nSPS) is 25.6.